The van der Waals surface area contributed by atoms with Gasteiger partial charge in [-0.15, -0.1) is 12.4 Å². The second-order valence-electron chi connectivity index (χ2n) is 5.47. The summed E-state index contributed by atoms with van der Waals surface area (Å²) in [4.78, 5) is 17.2. The Morgan fingerprint density at radius 2 is 2.05 bits per heavy atom. The minimum absolute atomic E-state index is 0. The number of para-hydroxylation sites is 1. The lowest BCUT2D eigenvalue weighted by Gasteiger charge is -2.32. The lowest BCUT2D eigenvalue weighted by molar-refractivity contribution is -0.131. The number of amides is 1. The smallest absolute Gasteiger partial charge is 0.236 e. The number of fused-ring (bicyclic) bond motifs is 1. The first-order valence-corrected chi connectivity index (χ1v) is 7.28. The Morgan fingerprint density at radius 1 is 1.33 bits per heavy atom. The van der Waals surface area contributed by atoms with Gasteiger partial charge >= 0.3 is 0 Å². The summed E-state index contributed by atoms with van der Waals surface area (Å²) < 4.78 is 0. The molecule has 0 atom stereocenters. The molecule has 0 radical (unpaired) electrons. The number of nitrogens with zero attached hydrogens (tertiary/aromatic N) is 1. The number of aromatic nitrogens is 1. The molecule has 0 spiro atoms. The number of H-pyrrole nitrogens is 1. The first kappa shape index (κ1) is 15.9. The van der Waals surface area contributed by atoms with Crippen molar-refractivity contribution < 1.29 is 4.79 Å². The van der Waals surface area contributed by atoms with E-state index in [1.165, 1.54) is 16.5 Å². The maximum Gasteiger partial charge on any atom is 0.236 e. The van der Waals surface area contributed by atoms with Gasteiger partial charge in [-0.05, 0) is 37.4 Å². The van der Waals surface area contributed by atoms with Crippen LogP contribution in [0.2, 0.25) is 0 Å². The molecule has 0 unspecified atom stereocenters. The van der Waals surface area contributed by atoms with Gasteiger partial charge in [0.05, 0.1) is 6.54 Å². The molecule has 5 heteroatoms. The van der Waals surface area contributed by atoms with Crippen LogP contribution >= 0.6 is 12.4 Å². The van der Waals surface area contributed by atoms with Crippen LogP contribution in [-0.2, 0) is 4.79 Å². The van der Waals surface area contributed by atoms with E-state index in [1.54, 1.807) is 0 Å². The Balaban J connectivity index is 0.00000161. The second kappa shape index (κ2) is 6.96. The van der Waals surface area contributed by atoms with Crippen LogP contribution in [0.1, 0.15) is 24.3 Å². The van der Waals surface area contributed by atoms with Crippen molar-refractivity contribution in [1.29, 1.82) is 0 Å². The number of piperidine rings is 1. The van der Waals surface area contributed by atoms with Crippen LogP contribution in [0.5, 0.6) is 0 Å². The number of halogens is 1. The van der Waals surface area contributed by atoms with E-state index in [0.29, 0.717) is 12.5 Å². The Kier molecular flexibility index (Phi) is 5.26. The lowest BCUT2D eigenvalue weighted by atomic mass is 9.89. The molecule has 2 N–H and O–H groups in total. The number of carbonyl (C=O) groups excluding carboxylic acids is 1. The number of hydrogen-bond donors (Lipinski definition) is 2. The van der Waals surface area contributed by atoms with Crippen molar-refractivity contribution in [3.05, 3.63) is 36.0 Å². The molecule has 1 amide bonds. The zero-order valence-electron chi connectivity index (χ0n) is 12.3. The SMILES string of the molecule is CNCC(=O)N1CCC(c2c[nH]c3ccccc23)CC1.Cl. The first-order valence-electron chi connectivity index (χ1n) is 7.28. The van der Waals surface area contributed by atoms with E-state index in [9.17, 15) is 4.79 Å². The monoisotopic (exact) mass is 307 g/mol. The van der Waals surface area contributed by atoms with Crippen LogP contribution < -0.4 is 5.32 Å². The zero-order chi connectivity index (χ0) is 13.9. The third kappa shape index (κ3) is 3.22. The second-order valence-corrected chi connectivity index (χ2v) is 5.47. The highest BCUT2D eigenvalue weighted by molar-refractivity contribution is 5.85. The molecule has 1 aromatic carbocycles. The Bertz CT molecular complexity index is 602. The number of benzene rings is 1. The van der Waals surface area contributed by atoms with Crippen molar-refractivity contribution in [1.82, 2.24) is 15.2 Å². The van der Waals surface area contributed by atoms with Gasteiger partial charge in [0.15, 0.2) is 0 Å². The van der Waals surface area contributed by atoms with E-state index in [4.69, 9.17) is 0 Å². The molecule has 114 valence electrons. The van der Waals surface area contributed by atoms with E-state index in [-0.39, 0.29) is 18.3 Å². The van der Waals surface area contributed by atoms with E-state index in [1.807, 2.05) is 11.9 Å². The van der Waals surface area contributed by atoms with E-state index in [0.717, 1.165) is 25.9 Å². The topological polar surface area (TPSA) is 48.1 Å². The summed E-state index contributed by atoms with van der Waals surface area (Å²) in [5.74, 6) is 0.773. The fraction of sp³-hybridized carbons (Fsp3) is 0.438. The number of likely N-dealkylation sites (N-methyl/N-ethyl adjacent to an activating group) is 1. The summed E-state index contributed by atoms with van der Waals surface area (Å²) in [5, 5.41) is 4.26. The largest absolute Gasteiger partial charge is 0.361 e. The minimum atomic E-state index is 0. The Labute approximate surface area is 131 Å². The van der Waals surface area contributed by atoms with Gasteiger partial charge in [-0.1, -0.05) is 18.2 Å². The summed E-state index contributed by atoms with van der Waals surface area (Å²) in [6.07, 6.45) is 4.25. The number of nitrogens with one attached hydrogen (secondary N) is 2. The normalized spacial score (nSPS) is 16.0. The van der Waals surface area contributed by atoms with Crippen molar-refractivity contribution in [2.24, 2.45) is 0 Å². The molecule has 0 saturated carbocycles. The molecule has 1 aliphatic rings. The van der Waals surface area contributed by atoms with Gasteiger partial charge in [0.25, 0.3) is 0 Å². The highest BCUT2D eigenvalue weighted by Crippen LogP contribution is 2.32. The Morgan fingerprint density at radius 3 is 2.76 bits per heavy atom. The maximum atomic E-state index is 11.9. The zero-order valence-corrected chi connectivity index (χ0v) is 13.1. The fourth-order valence-corrected chi connectivity index (χ4v) is 3.13. The van der Waals surface area contributed by atoms with Crippen molar-refractivity contribution in [3.8, 4) is 0 Å². The van der Waals surface area contributed by atoms with Crippen molar-refractivity contribution in [2.45, 2.75) is 18.8 Å². The highest BCUT2D eigenvalue weighted by atomic mass is 35.5. The van der Waals surface area contributed by atoms with E-state index >= 15 is 0 Å². The van der Waals surface area contributed by atoms with Crippen LogP contribution in [0.15, 0.2) is 30.5 Å². The van der Waals surface area contributed by atoms with E-state index < -0.39 is 0 Å². The molecule has 1 saturated heterocycles. The van der Waals surface area contributed by atoms with Crippen molar-refractivity contribution >= 4 is 29.2 Å². The van der Waals surface area contributed by atoms with Crippen LogP contribution in [0.3, 0.4) is 0 Å². The molecule has 1 fully saturated rings. The van der Waals surface area contributed by atoms with E-state index in [2.05, 4.69) is 40.8 Å². The summed E-state index contributed by atoms with van der Waals surface area (Å²) in [6, 6.07) is 8.44. The third-order valence-electron chi connectivity index (χ3n) is 4.24. The van der Waals surface area contributed by atoms with Crippen LogP contribution in [0, 0.1) is 0 Å². The molecule has 3 rings (SSSR count). The lowest BCUT2D eigenvalue weighted by Crippen LogP contribution is -2.41. The van der Waals surface area contributed by atoms with Gasteiger partial charge in [0.2, 0.25) is 5.91 Å². The molecular formula is C16H22ClN3O. The van der Waals surface area contributed by atoms with Gasteiger partial charge in [-0.2, -0.15) is 0 Å². The predicted molar refractivity (Wildman–Crippen MR) is 88.0 cm³/mol. The number of likely N-dealkylation sites (tertiary alicyclic amines) is 1. The summed E-state index contributed by atoms with van der Waals surface area (Å²) in [7, 11) is 1.82. The van der Waals surface area contributed by atoms with Gasteiger partial charge < -0.3 is 15.2 Å². The molecule has 1 aliphatic heterocycles. The van der Waals surface area contributed by atoms with Gasteiger partial charge in [-0.25, -0.2) is 0 Å². The molecule has 0 bridgehead atoms. The minimum Gasteiger partial charge on any atom is -0.361 e. The van der Waals surface area contributed by atoms with Gasteiger partial charge in [0.1, 0.15) is 0 Å². The summed E-state index contributed by atoms with van der Waals surface area (Å²) in [6.45, 7) is 2.17. The third-order valence-corrected chi connectivity index (χ3v) is 4.24. The summed E-state index contributed by atoms with van der Waals surface area (Å²) >= 11 is 0. The molecule has 2 aromatic rings. The average molecular weight is 308 g/mol. The standard InChI is InChI=1S/C16H21N3O.ClH/c1-17-11-16(20)19-8-6-12(7-9-19)14-10-18-15-5-3-2-4-13(14)15;/h2-5,10,12,17-18H,6-9,11H2,1H3;1H. The number of rotatable bonds is 3. The molecule has 0 aliphatic carbocycles. The summed E-state index contributed by atoms with van der Waals surface area (Å²) in [5.41, 5.74) is 2.61. The average Bonchev–Trinajstić information content (AvgIpc) is 2.92. The molecule has 21 heavy (non-hydrogen) atoms. The van der Waals surface area contributed by atoms with Gasteiger partial charge in [0, 0.05) is 30.2 Å². The van der Waals surface area contributed by atoms with Crippen molar-refractivity contribution in [2.75, 3.05) is 26.7 Å². The predicted octanol–water partition coefficient (Wildman–Crippen LogP) is 2.52. The number of hydrogen-bond acceptors (Lipinski definition) is 2. The molecular weight excluding hydrogens is 286 g/mol. The van der Waals surface area contributed by atoms with Crippen LogP contribution in [0.25, 0.3) is 10.9 Å². The quantitative estimate of drug-likeness (QED) is 0.915. The molecule has 1 aromatic heterocycles. The fourth-order valence-electron chi connectivity index (χ4n) is 3.13. The number of aromatic amines is 1. The molecule has 2 heterocycles. The Hall–Kier alpha value is -1.52. The highest BCUT2D eigenvalue weighted by Gasteiger charge is 2.24. The van der Waals surface area contributed by atoms with Crippen molar-refractivity contribution in [3.63, 3.8) is 0 Å². The van der Waals surface area contributed by atoms with Gasteiger partial charge in [-0.3, -0.25) is 4.79 Å². The first-order chi connectivity index (χ1) is 9.79. The number of carbonyl (C=O) groups is 1. The van der Waals surface area contributed by atoms with Crippen LogP contribution in [-0.4, -0.2) is 42.5 Å². The maximum absolute atomic E-state index is 11.9. The van der Waals surface area contributed by atoms with Crippen LogP contribution in [0.4, 0.5) is 0 Å². The molecule has 4 nitrogen and oxygen atoms in total.